The first kappa shape index (κ1) is 11.6. The second-order valence-corrected chi connectivity index (χ2v) is 4.48. The van der Waals surface area contributed by atoms with Crippen molar-refractivity contribution >= 4 is 11.6 Å². The molecule has 1 amide bonds. The molecule has 2 heterocycles. The van der Waals surface area contributed by atoms with E-state index in [2.05, 4.69) is 5.32 Å². The first-order valence-electron chi connectivity index (χ1n) is 6.01. The summed E-state index contributed by atoms with van der Waals surface area (Å²) < 4.78 is 12.4. The fourth-order valence-corrected chi connectivity index (χ4v) is 2.03. The standard InChI is InChI=1S/C14H14N2O3/c1-16-5-4-10(8-16)6-14(17)15-11-2-3-12-13(7-11)19-9-18-12/h2-5,7-8H,6,9H2,1H3,(H,15,17). The maximum atomic E-state index is 11.9. The largest absolute Gasteiger partial charge is 0.454 e. The van der Waals surface area contributed by atoms with Crippen molar-refractivity contribution in [1.29, 1.82) is 0 Å². The third-order valence-corrected chi connectivity index (χ3v) is 2.91. The van der Waals surface area contributed by atoms with E-state index in [0.29, 0.717) is 23.6 Å². The number of anilines is 1. The van der Waals surface area contributed by atoms with Gasteiger partial charge in [-0.25, -0.2) is 0 Å². The number of fused-ring (bicyclic) bond motifs is 1. The van der Waals surface area contributed by atoms with Gasteiger partial charge in [0.15, 0.2) is 11.5 Å². The van der Waals surface area contributed by atoms with Gasteiger partial charge in [0.05, 0.1) is 6.42 Å². The van der Waals surface area contributed by atoms with Gasteiger partial charge in [0.2, 0.25) is 12.7 Å². The number of aromatic nitrogens is 1. The predicted molar refractivity (Wildman–Crippen MR) is 70.3 cm³/mol. The Morgan fingerprint density at radius 1 is 1.32 bits per heavy atom. The zero-order valence-electron chi connectivity index (χ0n) is 10.6. The molecule has 3 rings (SSSR count). The fraction of sp³-hybridized carbons (Fsp3) is 0.214. The molecule has 0 aliphatic carbocycles. The van der Waals surface area contributed by atoms with Crippen LogP contribution < -0.4 is 14.8 Å². The van der Waals surface area contributed by atoms with Gasteiger partial charge in [-0.2, -0.15) is 0 Å². The molecule has 0 saturated heterocycles. The lowest BCUT2D eigenvalue weighted by atomic mass is 10.2. The summed E-state index contributed by atoms with van der Waals surface area (Å²) in [5, 5.41) is 2.85. The smallest absolute Gasteiger partial charge is 0.231 e. The van der Waals surface area contributed by atoms with Gasteiger partial charge < -0.3 is 19.4 Å². The average molecular weight is 258 g/mol. The van der Waals surface area contributed by atoms with E-state index in [1.54, 1.807) is 18.2 Å². The Bertz CT molecular complexity index is 619. The number of rotatable bonds is 3. The van der Waals surface area contributed by atoms with E-state index in [0.717, 1.165) is 5.56 Å². The van der Waals surface area contributed by atoms with Crippen LogP contribution in [-0.4, -0.2) is 17.3 Å². The van der Waals surface area contributed by atoms with Crippen LogP contribution in [0.5, 0.6) is 11.5 Å². The molecule has 0 unspecified atom stereocenters. The van der Waals surface area contributed by atoms with Crippen molar-refractivity contribution in [3.63, 3.8) is 0 Å². The summed E-state index contributed by atoms with van der Waals surface area (Å²) in [6.45, 7) is 0.233. The van der Waals surface area contributed by atoms with Crippen molar-refractivity contribution < 1.29 is 14.3 Å². The number of carbonyl (C=O) groups is 1. The Kier molecular flexibility index (Phi) is 2.87. The number of nitrogens with one attached hydrogen (secondary N) is 1. The third-order valence-electron chi connectivity index (χ3n) is 2.91. The Labute approximate surface area is 110 Å². The van der Waals surface area contributed by atoms with E-state index in [4.69, 9.17) is 9.47 Å². The van der Waals surface area contributed by atoms with E-state index in [9.17, 15) is 4.79 Å². The van der Waals surface area contributed by atoms with Crippen LogP contribution in [-0.2, 0) is 18.3 Å². The molecule has 98 valence electrons. The van der Waals surface area contributed by atoms with Crippen molar-refractivity contribution in [2.45, 2.75) is 6.42 Å². The summed E-state index contributed by atoms with van der Waals surface area (Å²) in [4.78, 5) is 11.9. The van der Waals surface area contributed by atoms with Crippen LogP contribution in [0.15, 0.2) is 36.7 Å². The molecule has 1 aromatic carbocycles. The number of ether oxygens (including phenoxy) is 2. The highest BCUT2D eigenvalue weighted by Gasteiger charge is 2.14. The van der Waals surface area contributed by atoms with Crippen molar-refractivity contribution in [3.8, 4) is 11.5 Å². The number of amides is 1. The van der Waals surface area contributed by atoms with Gasteiger partial charge in [-0.3, -0.25) is 4.79 Å². The molecule has 19 heavy (non-hydrogen) atoms. The fourth-order valence-electron chi connectivity index (χ4n) is 2.03. The van der Waals surface area contributed by atoms with Crippen LogP contribution in [0, 0.1) is 0 Å². The molecule has 1 aromatic heterocycles. The highest BCUT2D eigenvalue weighted by Crippen LogP contribution is 2.34. The van der Waals surface area contributed by atoms with Gasteiger partial charge in [-0.15, -0.1) is 0 Å². The van der Waals surface area contributed by atoms with Crippen LogP contribution in [0.1, 0.15) is 5.56 Å². The van der Waals surface area contributed by atoms with Crippen molar-refractivity contribution in [1.82, 2.24) is 4.57 Å². The molecule has 1 aliphatic rings. The molecule has 0 atom stereocenters. The van der Waals surface area contributed by atoms with Gasteiger partial charge >= 0.3 is 0 Å². The Morgan fingerprint density at radius 3 is 2.95 bits per heavy atom. The van der Waals surface area contributed by atoms with Crippen LogP contribution in [0.2, 0.25) is 0 Å². The summed E-state index contributed by atoms with van der Waals surface area (Å²) in [6, 6.07) is 7.29. The van der Waals surface area contributed by atoms with Crippen molar-refractivity contribution in [2.75, 3.05) is 12.1 Å². The zero-order valence-corrected chi connectivity index (χ0v) is 10.6. The van der Waals surface area contributed by atoms with E-state index in [-0.39, 0.29) is 12.7 Å². The van der Waals surface area contributed by atoms with E-state index in [1.807, 2.05) is 30.1 Å². The second-order valence-electron chi connectivity index (χ2n) is 4.48. The van der Waals surface area contributed by atoms with Crippen molar-refractivity contribution in [2.24, 2.45) is 7.05 Å². The number of aryl methyl sites for hydroxylation is 1. The third kappa shape index (κ3) is 2.54. The molecular weight excluding hydrogens is 244 g/mol. The number of hydrogen-bond donors (Lipinski definition) is 1. The molecule has 1 aliphatic heterocycles. The molecule has 1 N–H and O–H groups in total. The summed E-state index contributed by atoms with van der Waals surface area (Å²) in [6.07, 6.45) is 4.21. The van der Waals surface area contributed by atoms with Crippen molar-refractivity contribution in [3.05, 3.63) is 42.2 Å². The Balaban J connectivity index is 1.66. The Morgan fingerprint density at radius 2 is 2.16 bits per heavy atom. The normalized spacial score (nSPS) is 12.5. The van der Waals surface area contributed by atoms with E-state index >= 15 is 0 Å². The second kappa shape index (κ2) is 4.68. The maximum absolute atomic E-state index is 11.9. The molecular formula is C14H14N2O3. The molecule has 5 nitrogen and oxygen atoms in total. The molecule has 0 fully saturated rings. The topological polar surface area (TPSA) is 52.5 Å². The lowest BCUT2D eigenvalue weighted by molar-refractivity contribution is -0.115. The number of nitrogens with zero attached hydrogens (tertiary/aromatic N) is 1. The summed E-state index contributed by atoms with van der Waals surface area (Å²) in [5.74, 6) is 1.32. The summed E-state index contributed by atoms with van der Waals surface area (Å²) in [7, 11) is 1.93. The van der Waals surface area contributed by atoms with Gasteiger partial charge in [-0.1, -0.05) is 0 Å². The number of hydrogen-bond acceptors (Lipinski definition) is 3. The summed E-state index contributed by atoms with van der Waals surface area (Å²) >= 11 is 0. The van der Waals surface area contributed by atoms with Crippen LogP contribution in [0.4, 0.5) is 5.69 Å². The SMILES string of the molecule is Cn1ccc(CC(=O)Nc2ccc3c(c2)OCO3)c1. The predicted octanol–water partition coefficient (Wildman–Crippen LogP) is 1.93. The van der Waals surface area contributed by atoms with E-state index in [1.165, 1.54) is 0 Å². The van der Waals surface area contributed by atoms with Gasteiger partial charge in [0.1, 0.15) is 0 Å². The molecule has 2 aromatic rings. The first-order valence-corrected chi connectivity index (χ1v) is 6.01. The molecule has 0 saturated carbocycles. The van der Waals surface area contributed by atoms with Crippen LogP contribution >= 0.6 is 0 Å². The van der Waals surface area contributed by atoms with Gasteiger partial charge in [-0.05, 0) is 23.8 Å². The number of carbonyl (C=O) groups excluding carboxylic acids is 1. The highest BCUT2D eigenvalue weighted by molar-refractivity contribution is 5.92. The summed E-state index contributed by atoms with van der Waals surface area (Å²) in [5.41, 5.74) is 1.70. The lowest BCUT2D eigenvalue weighted by Crippen LogP contribution is -2.13. The van der Waals surface area contributed by atoms with Gasteiger partial charge in [0, 0.05) is 31.2 Å². The minimum Gasteiger partial charge on any atom is -0.454 e. The Hall–Kier alpha value is -2.43. The minimum atomic E-state index is -0.0509. The molecule has 0 spiro atoms. The van der Waals surface area contributed by atoms with Crippen LogP contribution in [0.3, 0.4) is 0 Å². The minimum absolute atomic E-state index is 0.0509. The highest BCUT2D eigenvalue weighted by atomic mass is 16.7. The quantitative estimate of drug-likeness (QED) is 0.915. The zero-order chi connectivity index (χ0) is 13.2. The molecule has 0 radical (unpaired) electrons. The molecule has 5 heteroatoms. The first-order chi connectivity index (χ1) is 9.20. The van der Waals surface area contributed by atoms with Gasteiger partial charge in [0.25, 0.3) is 0 Å². The lowest BCUT2D eigenvalue weighted by Gasteiger charge is -2.05. The van der Waals surface area contributed by atoms with Crippen LogP contribution in [0.25, 0.3) is 0 Å². The maximum Gasteiger partial charge on any atom is 0.231 e. The number of benzene rings is 1. The average Bonchev–Trinajstić information content (AvgIpc) is 2.97. The van der Waals surface area contributed by atoms with E-state index < -0.39 is 0 Å². The monoisotopic (exact) mass is 258 g/mol. The molecule has 0 bridgehead atoms.